The quantitative estimate of drug-likeness (QED) is 0.752. The van der Waals surface area contributed by atoms with Gasteiger partial charge in [-0.1, -0.05) is 0 Å². The van der Waals surface area contributed by atoms with Crippen molar-refractivity contribution in [2.24, 2.45) is 5.92 Å². The zero-order chi connectivity index (χ0) is 8.39. The molecule has 66 valence electrons. The molecule has 0 aliphatic carbocycles. The highest BCUT2D eigenvalue weighted by Gasteiger charge is 2.21. The minimum Gasteiger partial charge on any atom is -0.396 e. The first kappa shape index (κ1) is 8.08. The van der Waals surface area contributed by atoms with Gasteiger partial charge in [-0.25, -0.2) is 0 Å². The normalized spacial score (nSPS) is 23.4. The van der Waals surface area contributed by atoms with Crippen molar-refractivity contribution in [3.8, 4) is 0 Å². The summed E-state index contributed by atoms with van der Waals surface area (Å²) in [4.78, 5) is 2.34. The summed E-state index contributed by atoms with van der Waals surface area (Å²) >= 11 is 1.73. The SMILES string of the molecule is OC[C@@H]1CCN(c2ccsc2)C1. The van der Waals surface area contributed by atoms with Gasteiger partial charge < -0.3 is 10.0 Å². The monoisotopic (exact) mass is 183 g/mol. The highest BCUT2D eigenvalue weighted by Crippen LogP contribution is 2.25. The van der Waals surface area contributed by atoms with Crippen LogP contribution in [-0.2, 0) is 0 Å². The van der Waals surface area contributed by atoms with E-state index in [1.807, 2.05) is 0 Å². The van der Waals surface area contributed by atoms with Gasteiger partial charge in [0.15, 0.2) is 0 Å². The minimum atomic E-state index is 0.334. The fraction of sp³-hybridized carbons (Fsp3) is 0.556. The van der Waals surface area contributed by atoms with Crippen LogP contribution in [0.5, 0.6) is 0 Å². The molecule has 0 unspecified atom stereocenters. The summed E-state index contributed by atoms with van der Waals surface area (Å²) in [5, 5.41) is 13.2. The molecule has 0 radical (unpaired) electrons. The highest BCUT2D eigenvalue weighted by molar-refractivity contribution is 7.08. The van der Waals surface area contributed by atoms with Crippen LogP contribution in [0, 0.1) is 5.92 Å². The lowest BCUT2D eigenvalue weighted by atomic mass is 10.1. The van der Waals surface area contributed by atoms with Crippen LogP contribution >= 0.6 is 11.3 Å². The number of hydrogen-bond acceptors (Lipinski definition) is 3. The lowest BCUT2D eigenvalue weighted by Gasteiger charge is -2.15. The predicted molar refractivity (Wildman–Crippen MR) is 51.7 cm³/mol. The molecule has 1 fully saturated rings. The van der Waals surface area contributed by atoms with Gasteiger partial charge in [-0.3, -0.25) is 0 Å². The van der Waals surface area contributed by atoms with Gasteiger partial charge in [-0.2, -0.15) is 11.3 Å². The zero-order valence-electron chi connectivity index (χ0n) is 6.94. The summed E-state index contributed by atoms with van der Waals surface area (Å²) in [5.41, 5.74) is 1.32. The maximum atomic E-state index is 8.96. The van der Waals surface area contributed by atoms with Crippen molar-refractivity contribution in [3.63, 3.8) is 0 Å². The third-order valence-corrected chi connectivity index (χ3v) is 3.09. The Morgan fingerprint density at radius 1 is 1.67 bits per heavy atom. The maximum Gasteiger partial charge on any atom is 0.0476 e. The fourth-order valence-electron chi connectivity index (χ4n) is 1.65. The molecule has 1 saturated heterocycles. The molecule has 1 aromatic heterocycles. The lowest BCUT2D eigenvalue weighted by Crippen LogP contribution is -2.19. The van der Waals surface area contributed by atoms with Gasteiger partial charge in [0.1, 0.15) is 0 Å². The molecule has 2 rings (SSSR count). The van der Waals surface area contributed by atoms with Crippen LogP contribution < -0.4 is 4.90 Å². The Hall–Kier alpha value is -0.540. The lowest BCUT2D eigenvalue weighted by molar-refractivity contribution is 0.238. The van der Waals surface area contributed by atoms with Crippen molar-refractivity contribution in [3.05, 3.63) is 16.8 Å². The molecular weight excluding hydrogens is 170 g/mol. The highest BCUT2D eigenvalue weighted by atomic mass is 32.1. The van der Waals surface area contributed by atoms with E-state index in [4.69, 9.17) is 5.11 Å². The molecule has 3 heteroatoms. The van der Waals surface area contributed by atoms with E-state index in [0.717, 1.165) is 19.5 Å². The van der Waals surface area contributed by atoms with Crippen molar-refractivity contribution in [2.45, 2.75) is 6.42 Å². The molecule has 0 saturated carbocycles. The third-order valence-electron chi connectivity index (χ3n) is 2.42. The van der Waals surface area contributed by atoms with E-state index in [1.165, 1.54) is 5.69 Å². The number of aliphatic hydroxyl groups is 1. The summed E-state index contributed by atoms with van der Waals surface area (Å²) in [7, 11) is 0. The van der Waals surface area contributed by atoms with Crippen molar-refractivity contribution in [2.75, 3.05) is 24.6 Å². The van der Waals surface area contributed by atoms with Crippen molar-refractivity contribution >= 4 is 17.0 Å². The average Bonchev–Trinajstić information content (AvgIpc) is 2.75. The van der Waals surface area contributed by atoms with Gasteiger partial charge in [0.2, 0.25) is 0 Å². The van der Waals surface area contributed by atoms with Gasteiger partial charge >= 0.3 is 0 Å². The standard InChI is InChI=1S/C9H13NOS/c11-6-8-1-3-10(5-8)9-2-4-12-7-9/h2,4,7-8,11H,1,3,5-6H2/t8-/m1/s1. The molecule has 1 N–H and O–H groups in total. The molecule has 2 heterocycles. The Balaban J connectivity index is 2.00. The molecule has 1 atom stereocenters. The first-order chi connectivity index (χ1) is 5.90. The average molecular weight is 183 g/mol. The third kappa shape index (κ3) is 1.47. The summed E-state index contributed by atoms with van der Waals surface area (Å²) < 4.78 is 0. The number of hydrogen-bond donors (Lipinski definition) is 1. The molecule has 0 aromatic carbocycles. The van der Waals surface area contributed by atoms with E-state index < -0.39 is 0 Å². The summed E-state index contributed by atoms with van der Waals surface area (Å²) in [5.74, 6) is 0.491. The smallest absolute Gasteiger partial charge is 0.0476 e. The van der Waals surface area contributed by atoms with Gasteiger partial charge in [0.25, 0.3) is 0 Å². The van der Waals surface area contributed by atoms with Gasteiger partial charge in [-0.05, 0) is 17.9 Å². The predicted octanol–water partition coefficient (Wildman–Crippen LogP) is 1.57. The molecule has 0 bridgehead atoms. The molecule has 1 aliphatic heterocycles. The van der Waals surface area contributed by atoms with Gasteiger partial charge in [0.05, 0.1) is 0 Å². The Labute approximate surface area is 76.4 Å². The van der Waals surface area contributed by atoms with Crippen LogP contribution in [0.4, 0.5) is 5.69 Å². The van der Waals surface area contributed by atoms with E-state index in [9.17, 15) is 0 Å². The summed E-state index contributed by atoms with van der Waals surface area (Å²) in [6.45, 7) is 2.45. The number of rotatable bonds is 2. The second-order valence-electron chi connectivity index (χ2n) is 3.26. The fourth-order valence-corrected chi connectivity index (χ4v) is 2.32. The Kier molecular flexibility index (Phi) is 2.33. The number of thiophene rings is 1. The molecule has 12 heavy (non-hydrogen) atoms. The van der Waals surface area contributed by atoms with E-state index in [2.05, 4.69) is 21.7 Å². The van der Waals surface area contributed by atoms with E-state index in [-0.39, 0.29) is 0 Å². The number of aliphatic hydroxyl groups excluding tert-OH is 1. The van der Waals surface area contributed by atoms with E-state index >= 15 is 0 Å². The Morgan fingerprint density at radius 2 is 2.58 bits per heavy atom. The van der Waals surface area contributed by atoms with Crippen molar-refractivity contribution in [1.82, 2.24) is 0 Å². The van der Waals surface area contributed by atoms with Crippen LogP contribution in [-0.4, -0.2) is 24.8 Å². The minimum absolute atomic E-state index is 0.334. The van der Waals surface area contributed by atoms with Gasteiger partial charge in [0, 0.05) is 36.7 Å². The zero-order valence-corrected chi connectivity index (χ0v) is 7.76. The van der Waals surface area contributed by atoms with Crippen LogP contribution in [0.1, 0.15) is 6.42 Å². The molecule has 1 aromatic rings. The molecule has 0 amide bonds. The first-order valence-corrected chi connectivity index (χ1v) is 5.22. The van der Waals surface area contributed by atoms with Crippen LogP contribution in [0.15, 0.2) is 16.8 Å². The van der Waals surface area contributed by atoms with Crippen molar-refractivity contribution < 1.29 is 5.11 Å². The number of nitrogens with zero attached hydrogens (tertiary/aromatic N) is 1. The molecular formula is C9H13NOS. The second kappa shape index (κ2) is 3.46. The number of anilines is 1. The molecule has 0 spiro atoms. The topological polar surface area (TPSA) is 23.5 Å². The first-order valence-electron chi connectivity index (χ1n) is 4.28. The van der Waals surface area contributed by atoms with E-state index in [1.54, 1.807) is 11.3 Å². The maximum absolute atomic E-state index is 8.96. The van der Waals surface area contributed by atoms with Crippen LogP contribution in [0.2, 0.25) is 0 Å². The van der Waals surface area contributed by atoms with Gasteiger partial charge in [-0.15, -0.1) is 0 Å². The Morgan fingerprint density at radius 3 is 3.17 bits per heavy atom. The van der Waals surface area contributed by atoms with E-state index in [0.29, 0.717) is 12.5 Å². The summed E-state index contributed by atoms with van der Waals surface area (Å²) in [6.07, 6.45) is 1.13. The molecule has 1 aliphatic rings. The van der Waals surface area contributed by atoms with Crippen LogP contribution in [0.3, 0.4) is 0 Å². The summed E-state index contributed by atoms with van der Waals surface area (Å²) in [6, 6.07) is 2.14. The second-order valence-corrected chi connectivity index (χ2v) is 4.04. The molecule has 2 nitrogen and oxygen atoms in total. The van der Waals surface area contributed by atoms with Crippen molar-refractivity contribution in [1.29, 1.82) is 0 Å². The van der Waals surface area contributed by atoms with Crippen LogP contribution in [0.25, 0.3) is 0 Å². The largest absolute Gasteiger partial charge is 0.396 e. The Bertz CT molecular complexity index is 235.